The van der Waals surface area contributed by atoms with Crippen LogP contribution in [0.4, 0.5) is 5.69 Å². The summed E-state index contributed by atoms with van der Waals surface area (Å²) in [5.74, 6) is -0.278. The van der Waals surface area contributed by atoms with Gasteiger partial charge in [-0.2, -0.15) is 0 Å². The van der Waals surface area contributed by atoms with E-state index in [1.54, 1.807) is 6.92 Å². The Morgan fingerprint density at radius 1 is 1.18 bits per heavy atom. The first-order valence-electron chi connectivity index (χ1n) is 6.95. The molecule has 4 nitrogen and oxygen atoms in total. The minimum Gasteiger partial charge on any atom is -0.503 e. The SMILES string of the molecule is CCOc1cc(C(=O)Nc2cc(C)cc(C)c2)cc(Cl)c1O. The summed E-state index contributed by atoms with van der Waals surface area (Å²) in [5, 5.41) is 12.7. The number of phenols is 1. The van der Waals surface area contributed by atoms with Gasteiger partial charge in [-0.3, -0.25) is 4.79 Å². The molecular weight excluding hydrogens is 302 g/mol. The Morgan fingerprint density at radius 3 is 2.41 bits per heavy atom. The predicted octanol–water partition coefficient (Wildman–Crippen LogP) is 4.31. The zero-order valence-electron chi connectivity index (χ0n) is 12.7. The Kier molecular flexibility index (Phi) is 4.93. The van der Waals surface area contributed by atoms with Crippen LogP contribution in [-0.4, -0.2) is 17.6 Å². The van der Waals surface area contributed by atoms with E-state index in [0.29, 0.717) is 17.9 Å². The lowest BCUT2D eigenvalue weighted by Crippen LogP contribution is -2.12. The van der Waals surface area contributed by atoms with Crippen molar-refractivity contribution in [3.8, 4) is 11.5 Å². The van der Waals surface area contributed by atoms with Crippen molar-refractivity contribution in [2.75, 3.05) is 11.9 Å². The predicted molar refractivity (Wildman–Crippen MR) is 88.2 cm³/mol. The summed E-state index contributed by atoms with van der Waals surface area (Å²) in [5.41, 5.74) is 3.16. The van der Waals surface area contributed by atoms with Crippen LogP contribution in [0, 0.1) is 13.8 Å². The molecule has 0 saturated heterocycles. The van der Waals surface area contributed by atoms with E-state index in [2.05, 4.69) is 5.32 Å². The number of hydrogen-bond donors (Lipinski definition) is 2. The normalized spacial score (nSPS) is 10.4. The van der Waals surface area contributed by atoms with Gasteiger partial charge in [0.05, 0.1) is 11.6 Å². The lowest BCUT2D eigenvalue weighted by atomic mass is 10.1. The van der Waals surface area contributed by atoms with E-state index in [1.165, 1.54) is 12.1 Å². The molecule has 2 rings (SSSR count). The summed E-state index contributed by atoms with van der Waals surface area (Å²) in [4.78, 5) is 12.3. The molecule has 116 valence electrons. The standard InChI is InChI=1S/C17H18ClNO3/c1-4-22-15-9-12(8-14(18)16(15)20)17(21)19-13-6-10(2)5-11(3)7-13/h5-9,20H,4H2,1-3H3,(H,19,21). The van der Waals surface area contributed by atoms with Gasteiger partial charge >= 0.3 is 0 Å². The number of carbonyl (C=O) groups excluding carboxylic acids is 1. The van der Waals surface area contributed by atoms with Crippen LogP contribution in [0.2, 0.25) is 5.02 Å². The van der Waals surface area contributed by atoms with E-state index < -0.39 is 0 Å². The zero-order valence-corrected chi connectivity index (χ0v) is 13.5. The van der Waals surface area contributed by atoms with Crippen LogP contribution in [0.25, 0.3) is 0 Å². The van der Waals surface area contributed by atoms with E-state index in [9.17, 15) is 9.90 Å². The number of anilines is 1. The van der Waals surface area contributed by atoms with Gasteiger partial charge in [-0.1, -0.05) is 17.7 Å². The first-order valence-corrected chi connectivity index (χ1v) is 7.33. The lowest BCUT2D eigenvalue weighted by Gasteiger charge is -2.11. The number of halogens is 1. The minimum atomic E-state index is -0.312. The summed E-state index contributed by atoms with van der Waals surface area (Å²) in [6.45, 7) is 6.09. The highest BCUT2D eigenvalue weighted by molar-refractivity contribution is 6.32. The van der Waals surface area contributed by atoms with E-state index in [1.807, 2.05) is 32.0 Å². The maximum Gasteiger partial charge on any atom is 0.255 e. The molecule has 1 amide bonds. The van der Waals surface area contributed by atoms with Gasteiger partial charge in [0.2, 0.25) is 0 Å². The summed E-state index contributed by atoms with van der Waals surface area (Å²) < 4.78 is 5.28. The van der Waals surface area contributed by atoms with Gasteiger partial charge in [0.25, 0.3) is 5.91 Å². The molecule has 0 bridgehead atoms. The molecule has 0 aliphatic rings. The van der Waals surface area contributed by atoms with Gasteiger partial charge in [0, 0.05) is 11.3 Å². The average molecular weight is 320 g/mol. The highest BCUT2D eigenvalue weighted by Crippen LogP contribution is 2.35. The first kappa shape index (κ1) is 16.2. The molecule has 0 heterocycles. The molecule has 5 heteroatoms. The van der Waals surface area contributed by atoms with Crippen LogP contribution < -0.4 is 10.1 Å². The third kappa shape index (κ3) is 3.71. The third-order valence-electron chi connectivity index (χ3n) is 3.07. The maximum atomic E-state index is 12.3. The molecule has 22 heavy (non-hydrogen) atoms. The fourth-order valence-corrected chi connectivity index (χ4v) is 2.43. The summed E-state index contributed by atoms with van der Waals surface area (Å²) in [7, 11) is 0. The molecule has 0 radical (unpaired) electrons. The molecule has 0 fully saturated rings. The molecule has 0 saturated carbocycles. The Labute approximate surface area is 134 Å². The van der Waals surface area contributed by atoms with Crippen LogP contribution in [-0.2, 0) is 0 Å². The maximum absolute atomic E-state index is 12.3. The monoisotopic (exact) mass is 319 g/mol. The second-order valence-electron chi connectivity index (χ2n) is 5.07. The number of aromatic hydroxyl groups is 1. The number of ether oxygens (including phenoxy) is 1. The van der Waals surface area contributed by atoms with Gasteiger partial charge in [-0.05, 0) is 56.2 Å². The highest BCUT2D eigenvalue weighted by Gasteiger charge is 2.14. The van der Waals surface area contributed by atoms with Crippen molar-refractivity contribution in [3.63, 3.8) is 0 Å². The van der Waals surface area contributed by atoms with Crippen LogP contribution in [0.1, 0.15) is 28.4 Å². The van der Waals surface area contributed by atoms with Crippen molar-refractivity contribution in [2.45, 2.75) is 20.8 Å². The topological polar surface area (TPSA) is 58.6 Å². The second kappa shape index (κ2) is 6.71. The van der Waals surface area contributed by atoms with Crippen molar-refractivity contribution in [1.29, 1.82) is 0 Å². The number of rotatable bonds is 4. The van der Waals surface area contributed by atoms with Crippen molar-refractivity contribution in [1.82, 2.24) is 0 Å². The quantitative estimate of drug-likeness (QED) is 0.882. The van der Waals surface area contributed by atoms with Crippen molar-refractivity contribution in [2.24, 2.45) is 0 Å². The Balaban J connectivity index is 2.29. The number of nitrogens with one attached hydrogen (secondary N) is 1. The van der Waals surface area contributed by atoms with Gasteiger partial charge < -0.3 is 15.2 Å². The minimum absolute atomic E-state index is 0.0801. The molecular formula is C17H18ClNO3. The number of aryl methyl sites for hydroxylation is 2. The zero-order chi connectivity index (χ0) is 16.3. The smallest absolute Gasteiger partial charge is 0.255 e. The van der Waals surface area contributed by atoms with E-state index in [4.69, 9.17) is 16.3 Å². The second-order valence-corrected chi connectivity index (χ2v) is 5.48. The van der Waals surface area contributed by atoms with Crippen LogP contribution in [0.3, 0.4) is 0 Å². The van der Waals surface area contributed by atoms with Crippen molar-refractivity contribution in [3.05, 3.63) is 52.0 Å². The molecule has 2 N–H and O–H groups in total. The number of hydrogen-bond acceptors (Lipinski definition) is 3. The third-order valence-corrected chi connectivity index (χ3v) is 3.36. The van der Waals surface area contributed by atoms with Gasteiger partial charge in [0.1, 0.15) is 0 Å². The van der Waals surface area contributed by atoms with Gasteiger partial charge in [0.15, 0.2) is 11.5 Å². The first-order chi connectivity index (χ1) is 10.4. The molecule has 0 aromatic heterocycles. The Hall–Kier alpha value is -2.20. The molecule has 0 aliphatic carbocycles. The van der Waals surface area contributed by atoms with Gasteiger partial charge in [-0.15, -0.1) is 0 Å². The number of benzene rings is 2. The van der Waals surface area contributed by atoms with Crippen LogP contribution in [0.5, 0.6) is 11.5 Å². The molecule has 0 unspecified atom stereocenters. The fraction of sp³-hybridized carbons (Fsp3) is 0.235. The van der Waals surface area contributed by atoms with E-state index in [-0.39, 0.29) is 22.4 Å². The van der Waals surface area contributed by atoms with Crippen LogP contribution >= 0.6 is 11.6 Å². The van der Waals surface area contributed by atoms with Gasteiger partial charge in [-0.25, -0.2) is 0 Å². The summed E-state index contributed by atoms with van der Waals surface area (Å²) in [6, 6.07) is 8.69. The van der Waals surface area contributed by atoms with E-state index >= 15 is 0 Å². The number of carbonyl (C=O) groups is 1. The molecule has 0 atom stereocenters. The molecule has 0 aliphatic heterocycles. The summed E-state index contributed by atoms with van der Waals surface area (Å²) >= 11 is 5.94. The Morgan fingerprint density at radius 2 is 1.82 bits per heavy atom. The largest absolute Gasteiger partial charge is 0.503 e. The lowest BCUT2D eigenvalue weighted by molar-refractivity contribution is 0.102. The fourth-order valence-electron chi connectivity index (χ4n) is 2.22. The summed E-state index contributed by atoms with van der Waals surface area (Å²) in [6.07, 6.45) is 0. The molecule has 2 aromatic rings. The highest BCUT2D eigenvalue weighted by atomic mass is 35.5. The van der Waals surface area contributed by atoms with Crippen molar-refractivity contribution >= 4 is 23.2 Å². The Bertz CT molecular complexity index is 693. The molecule has 0 spiro atoms. The van der Waals surface area contributed by atoms with E-state index in [0.717, 1.165) is 11.1 Å². The van der Waals surface area contributed by atoms with Crippen molar-refractivity contribution < 1.29 is 14.6 Å². The number of phenolic OH excluding ortho intramolecular Hbond substituents is 1. The van der Waals surface area contributed by atoms with Crippen LogP contribution in [0.15, 0.2) is 30.3 Å². The molecule has 2 aromatic carbocycles. The average Bonchev–Trinajstić information content (AvgIpc) is 2.42. The number of amides is 1.